The molecule has 2 aliphatic rings. The van der Waals surface area contributed by atoms with Crippen LogP contribution in [0, 0.1) is 0 Å². The molecule has 0 aromatic carbocycles. The lowest BCUT2D eigenvalue weighted by Gasteiger charge is -2.14. The second-order valence-electron chi connectivity index (χ2n) is 5.77. The summed E-state index contributed by atoms with van der Waals surface area (Å²) in [6.07, 6.45) is 1.73. The number of amides is 2. The van der Waals surface area contributed by atoms with Gasteiger partial charge in [0.2, 0.25) is 0 Å². The maximum atomic E-state index is 11.6. The fraction of sp³-hybridized carbons (Fsp3) is 0.857. The monoisotopic (exact) mass is 312 g/mol. The lowest BCUT2D eigenvalue weighted by molar-refractivity contribution is -0.139. The van der Waals surface area contributed by atoms with Crippen LogP contribution in [0.25, 0.3) is 0 Å². The largest absolute Gasteiger partial charge is 0.348 e. The first-order chi connectivity index (χ1) is 10.8. The van der Waals surface area contributed by atoms with Crippen molar-refractivity contribution in [1.82, 2.24) is 31.1 Å². The van der Waals surface area contributed by atoms with Crippen molar-refractivity contribution in [2.24, 2.45) is 0 Å². The van der Waals surface area contributed by atoms with E-state index in [1.54, 1.807) is 0 Å². The molecule has 0 radical (unpaired) electrons. The summed E-state index contributed by atoms with van der Waals surface area (Å²) < 4.78 is 0. The van der Waals surface area contributed by atoms with Crippen LogP contribution in [-0.4, -0.2) is 87.3 Å². The number of carbonyl (C=O) groups excluding carboxylic acids is 2. The zero-order chi connectivity index (χ0) is 15.6. The molecule has 8 nitrogen and oxygen atoms in total. The van der Waals surface area contributed by atoms with Gasteiger partial charge < -0.3 is 21.3 Å². The van der Waals surface area contributed by atoms with Gasteiger partial charge in [0, 0.05) is 65.7 Å². The number of hydrogen-bond donors (Lipinski definition) is 4. The molecule has 2 heterocycles. The SMILES string of the molecule is O=C(NCCCN1CCNC1)C(=O)NCCCN1CCNC1. The summed E-state index contributed by atoms with van der Waals surface area (Å²) in [5.74, 6) is -1.05. The van der Waals surface area contributed by atoms with E-state index in [-0.39, 0.29) is 0 Å². The summed E-state index contributed by atoms with van der Waals surface area (Å²) >= 11 is 0. The number of rotatable bonds is 8. The average molecular weight is 312 g/mol. The van der Waals surface area contributed by atoms with Crippen molar-refractivity contribution in [1.29, 1.82) is 0 Å². The van der Waals surface area contributed by atoms with Gasteiger partial charge >= 0.3 is 11.8 Å². The molecular formula is C14H28N6O2. The van der Waals surface area contributed by atoms with Crippen molar-refractivity contribution in [2.75, 3.05) is 65.7 Å². The summed E-state index contributed by atoms with van der Waals surface area (Å²) in [5.41, 5.74) is 0. The fourth-order valence-electron chi connectivity index (χ4n) is 2.66. The summed E-state index contributed by atoms with van der Waals surface area (Å²) in [7, 11) is 0. The van der Waals surface area contributed by atoms with E-state index < -0.39 is 11.8 Å². The quantitative estimate of drug-likeness (QED) is 0.298. The zero-order valence-electron chi connectivity index (χ0n) is 13.2. The normalized spacial score (nSPS) is 19.5. The summed E-state index contributed by atoms with van der Waals surface area (Å²) in [4.78, 5) is 27.8. The molecule has 0 spiro atoms. The van der Waals surface area contributed by atoms with E-state index in [9.17, 15) is 9.59 Å². The standard InChI is InChI=1S/C14H28N6O2/c21-13(17-3-1-7-19-9-5-15-11-19)14(22)18-4-2-8-20-10-6-16-12-20/h15-16H,1-12H2,(H,17,21)(H,18,22). The predicted octanol–water partition coefficient (Wildman–Crippen LogP) is -2.28. The van der Waals surface area contributed by atoms with Crippen LogP contribution >= 0.6 is 0 Å². The molecular weight excluding hydrogens is 284 g/mol. The van der Waals surface area contributed by atoms with Gasteiger partial charge in [-0.15, -0.1) is 0 Å². The molecule has 0 bridgehead atoms. The highest BCUT2D eigenvalue weighted by Gasteiger charge is 2.14. The minimum Gasteiger partial charge on any atom is -0.348 e. The Bertz CT molecular complexity index is 319. The molecule has 8 heteroatoms. The van der Waals surface area contributed by atoms with Gasteiger partial charge in [0.25, 0.3) is 0 Å². The average Bonchev–Trinajstić information content (AvgIpc) is 3.20. The summed E-state index contributed by atoms with van der Waals surface area (Å²) in [6, 6.07) is 0. The third-order valence-electron chi connectivity index (χ3n) is 3.96. The Morgan fingerprint density at radius 1 is 0.818 bits per heavy atom. The van der Waals surface area contributed by atoms with Gasteiger partial charge in [0.15, 0.2) is 0 Å². The number of hydrogen-bond acceptors (Lipinski definition) is 6. The number of nitrogens with one attached hydrogen (secondary N) is 4. The van der Waals surface area contributed by atoms with E-state index in [0.717, 1.165) is 65.4 Å². The Hall–Kier alpha value is -1.22. The van der Waals surface area contributed by atoms with Crippen molar-refractivity contribution in [3.05, 3.63) is 0 Å². The van der Waals surface area contributed by atoms with Crippen LogP contribution in [0.1, 0.15) is 12.8 Å². The molecule has 126 valence electrons. The van der Waals surface area contributed by atoms with Crippen molar-refractivity contribution < 1.29 is 9.59 Å². The molecule has 0 aromatic heterocycles. The van der Waals surface area contributed by atoms with E-state index in [1.165, 1.54) is 0 Å². The third kappa shape index (κ3) is 6.27. The lowest BCUT2D eigenvalue weighted by Crippen LogP contribution is -2.41. The van der Waals surface area contributed by atoms with Crippen molar-refractivity contribution in [3.63, 3.8) is 0 Å². The maximum Gasteiger partial charge on any atom is 0.309 e. The maximum absolute atomic E-state index is 11.6. The molecule has 2 aliphatic heterocycles. The molecule has 0 atom stereocenters. The molecule has 22 heavy (non-hydrogen) atoms. The highest BCUT2D eigenvalue weighted by molar-refractivity contribution is 6.35. The minimum atomic E-state index is -0.526. The molecule has 2 saturated heterocycles. The molecule has 0 aromatic rings. The lowest BCUT2D eigenvalue weighted by atomic mass is 10.3. The topological polar surface area (TPSA) is 88.7 Å². The molecule has 2 rings (SSSR count). The van der Waals surface area contributed by atoms with Crippen LogP contribution in [0.15, 0.2) is 0 Å². The molecule has 4 N–H and O–H groups in total. The second-order valence-corrected chi connectivity index (χ2v) is 5.77. The van der Waals surface area contributed by atoms with Gasteiger partial charge in [0.05, 0.1) is 0 Å². The minimum absolute atomic E-state index is 0.526. The van der Waals surface area contributed by atoms with E-state index in [4.69, 9.17) is 0 Å². The fourth-order valence-corrected chi connectivity index (χ4v) is 2.66. The number of nitrogens with zero attached hydrogens (tertiary/aromatic N) is 2. The van der Waals surface area contributed by atoms with Crippen LogP contribution in [0.2, 0.25) is 0 Å². The summed E-state index contributed by atoms with van der Waals surface area (Å²) in [6.45, 7) is 8.98. The third-order valence-corrected chi connectivity index (χ3v) is 3.96. The zero-order valence-corrected chi connectivity index (χ0v) is 13.2. The van der Waals surface area contributed by atoms with Gasteiger partial charge in [-0.25, -0.2) is 0 Å². The highest BCUT2D eigenvalue weighted by Crippen LogP contribution is 1.94. The van der Waals surface area contributed by atoms with Crippen LogP contribution in [0.3, 0.4) is 0 Å². The molecule has 0 unspecified atom stereocenters. The Balaban J connectivity index is 1.44. The summed E-state index contributed by atoms with van der Waals surface area (Å²) in [5, 5.41) is 11.9. The smallest absolute Gasteiger partial charge is 0.309 e. The first kappa shape index (κ1) is 17.1. The van der Waals surface area contributed by atoms with Crippen molar-refractivity contribution in [3.8, 4) is 0 Å². The van der Waals surface area contributed by atoms with Gasteiger partial charge in [-0.05, 0) is 12.8 Å². The Morgan fingerprint density at radius 2 is 1.27 bits per heavy atom. The van der Waals surface area contributed by atoms with Crippen LogP contribution < -0.4 is 21.3 Å². The van der Waals surface area contributed by atoms with Crippen LogP contribution in [-0.2, 0) is 9.59 Å². The number of carbonyl (C=O) groups is 2. The highest BCUT2D eigenvalue weighted by atomic mass is 16.2. The Morgan fingerprint density at radius 3 is 1.64 bits per heavy atom. The first-order valence-corrected chi connectivity index (χ1v) is 8.18. The van der Waals surface area contributed by atoms with E-state index in [0.29, 0.717) is 13.1 Å². The molecule has 2 amide bonds. The Kier molecular flexibility index (Phi) is 7.58. The van der Waals surface area contributed by atoms with Crippen LogP contribution in [0.5, 0.6) is 0 Å². The molecule has 0 saturated carbocycles. The molecule has 2 fully saturated rings. The van der Waals surface area contributed by atoms with Gasteiger partial charge in [-0.2, -0.15) is 0 Å². The predicted molar refractivity (Wildman–Crippen MR) is 84.1 cm³/mol. The van der Waals surface area contributed by atoms with Gasteiger partial charge in [-0.1, -0.05) is 0 Å². The Labute approximate surface area is 132 Å². The van der Waals surface area contributed by atoms with Crippen LogP contribution in [0.4, 0.5) is 0 Å². The second kappa shape index (κ2) is 9.73. The van der Waals surface area contributed by atoms with Gasteiger partial charge in [0.1, 0.15) is 0 Å². The molecule has 0 aliphatic carbocycles. The van der Waals surface area contributed by atoms with E-state index in [1.807, 2.05) is 0 Å². The van der Waals surface area contributed by atoms with E-state index in [2.05, 4.69) is 31.1 Å². The van der Waals surface area contributed by atoms with Crippen molar-refractivity contribution >= 4 is 11.8 Å². The first-order valence-electron chi connectivity index (χ1n) is 8.18. The van der Waals surface area contributed by atoms with E-state index >= 15 is 0 Å². The van der Waals surface area contributed by atoms with Gasteiger partial charge in [-0.3, -0.25) is 19.4 Å². The van der Waals surface area contributed by atoms with Crippen molar-refractivity contribution in [2.45, 2.75) is 12.8 Å².